The van der Waals surface area contributed by atoms with Gasteiger partial charge in [-0.05, 0) is 47.7 Å². The third-order valence-corrected chi connectivity index (χ3v) is 3.83. The van der Waals surface area contributed by atoms with E-state index in [0.717, 1.165) is 43.3 Å². The summed E-state index contributed by atoms with van der Waals surface area (Å²) < 4.78 is 0. The third-order valence-electron chi connectivity index (χ3n) is 3.83. The number of hydrogen-bond acceptors (Lipinski definition) is 1. The Labute approximate surface area is 127 Å². The first-order valence-corrected chi connectivity index (χ1v) is 8.01. The van der Waals surface area contributed by atoms with Crippen LogP contribution in [0.4, 0.5) is 0 Å². The number of benzene rings is 2. The van der Waals surface area contributed by atoms with E-state index in [9.17, 15) is 4.79 Å². The van der Waals surface area contributed by atoms with E-state index < -0.39 is 0 Å². The van der Waals surface area contributed by atoms with Crippen molar-refractivity contribution in [1.29, 1.82) is 0 Å². The molecule has 0 atom stereocenters. The van der Waals surface area contributed by atoms with Crippen LogP contribution in [0.15, 0.2) is 36.4 Å². The van der Waals surface area contributed by atoms with Crippen LogP contribution < -0.4 is 0 Å². The molecule has 0 saturated heterocycles. The number of amides is 1. The SMILES string of the molecule is CCCN(CCC)C(=O)c1ccc2cc(CC)ccc2c1. The summed E-state index contributed by atoms with van der Waals surface area (Å²) >= 11 is 0. The lowest BCUT2D eigenvalue weighted by Crippen LogP contribution is -2.32. The maximum Gasteiger partial charge on any atom is 0.253 e. The Kier molecular flexibility index (Phi) is 5.38. The van der Waals surface area contributed by atoms with Crippen LogP contribution in [0.3, 0.4) is 0 Å². The largest absolute Gasteiger partial charge is 0.339 e. The van der Waals surface area contributed by atoms with E-state index >= 15 is 0 Å². The Hall–Kier alpha value is -1.83. The monoisotopic (exact) mass is 283 g/mol. The van der Waals surface area contributed by atoms with E-state index in [1.165, 1.54) is 10.9 Å². The van der Waals surface area contributed by atoms with Crippen LogP contribution in [0.2, 0.25) is 0 Å². The average Bonchev–Trinajstić information content (AvgIpc) is 2.53. The summed E-state index contributed by atoms with van der Waals surface area (Å²) in [7, 11) is 0. The Balaban J connectivity index is 2.30. The zero-order valence-electron chi connectivity index (χ0n) is 13.4. The van der Waals surface area contributed by atoms with Crippen LogP contribution in [-0.4, -0.2) is 23.9 Å². The molecule has 2 heteroatoms. The standard InChI is InChI=1S/C19H25NO/c1-4-11-20(12-5-2)19(21)18-10-9-16-13-15(6-3)7-8-17(16)14-18/h7-10,13-14H,4-6,11-12H2,1-3H3. The van der Waals surface area contributed by atoms with E-state index in [4.69, 9.17) is 0 Å². The number of carbonyl (C=O) groups excluding carboxylic acids is 1. The molecule has 0 aromatic heterocycles. The summed E-state index contributed by atoms with van der Waals surface area (Å²) in [4.78, 5) is 14.6. The number of nitrogens with zero attached hydrogens (tertiary/aromatic N) is 1. The van der Waals surface area contributed by atoms with Gasteiger partial charge in [0.15, 0.2) is 0 Å². The summed E-state index contributed by atoms with van der Waals surface area (Å²) in [6.07, 6.45) is 3.04. The van der Waals surface area contributed by atoms with Gasteiger partial charge in [-0.3, -0.25) is 4.79 Å². The van der Waals surface area contributed by atoms with Gasteiger partial charge in [0, 0.05) is 18.7 Å². The van der Waals surface area contributed by atoms with Crippen molar-refractivity contribution in [3.05, 3.63) is 47.5 Å². The highest BCUT2D eigenvalue weighted by atomic mass is 16.2. The number of rotatable bonds is 6. The Bertz CT molecular complexity index is 612. The zero-order chi connectivity index (χ0) is 15.2. The molecular weight excluding hydrogens is 258 g/mol. The Morgan fingerprint density at radius 2 is 1.52 bits per heavy atom. The third kappa shape index (κ3) is 3.63. The smallest absolute Gasteiger partial charge is 0.253 e. The minimum absolute atomic E-state index is 0.153. The van der Waals surface area contributed by atoms with Crippen LogP contribution in [0.1, 0.15) is 49.5 Å². The van der Waals surface area contributed by atoms with Crippen molar-refractivity contribution in [2.45, 2.75) is 40.0 Å². The lowest BCUT2D eigenvalue weighted by Gasteiger charge is -2.21. The molecule has 0 unspecified atom stereocenters. The molecule has 21 heavy (non-hydrogen) atoms. The van der Waals surface area contributed by atoms with Crippen LogP contribution in [0.5, 0.6) is 0 Å². The fraction of sp³-hybridized carbons (Fsp3) is 0.421. The second-order valence-corrected chi connectivity index (χ2v) is 5.54. The van der Waals surface area contributed by atoms with Gasteiger partial charge in [0.2, 0.25) is 0 Å². The summed E-state index contributed by atoms with van der Waals surface area (Å²) in [5, 5.41) is 2.36. The predicted molar refractivity (Wildman–Crippen MR) is 89.8 cm³/mol. The second kappa shape index (κ2) is 7.26. The van der Waals surface area contributed by atoms with Gasteiger partial charge in [-0.25, -0.2) is 0 Å². The van der Waals surface area contributed by atoms with Crippen molar-refractivity contribution in [2.75, 3.05) is 13.1 Å². The maximum atomic E-state index is 12.6. The van der Waals surface area contributed by atoms with Gasteiger partial charge in [0.25, 0.3) is 5.91 Å². The first kappa shape index (κ1) is 15.6. The molecule has 0 bridgehead atoms. The number of hydrogen-bond donors (Lipinski definition) is 0. The highest BCUT2D eigenvalue weighted by Crippen LogP contribution is 2.19. The minimum atomic E-state index is 0.153. The van der Waals surface area contributed by atoms with E-state index in [2.05, 4.69) is 45.0 Å². The first-order valence-electron chi connectivity index (χ1n) is 8.01. The molecule has 0 spiro atoms. The predicted octanol–water partition coefficient (Wildman–Crippen LogP) is 4.66. The summed E-state index contributed by atoms with van der Waals surface area (Å²) in [6, 6.07) is 12.5. The number of aryl methyl sites for hydroxylation is 1. The Morgan fingerprint density at radius 1 is 0.905 bits per heavy atom. The van der Waals surface area contributed by atoms with E-state index in [1.807, 2.05) is 17.0 Å². The highest BCUT2D eigenvalue weighted by Gasteiger charge is 2.14. The molecule has 0 aliphatic rings. The normalized spacial score (nSPS) is 10.8. The molecule has 0 heterocycles. The van der Waals surface area contributed by atoms with Crippen LogP contribution >= 0.6 is 0 Å². The van der Waals surface area contributed by atoms with Crippen LogP contribution in [0.25, 0.3) is 10.8 Å². The van der Waals surface area contributed by atoms with Gasteiger partial charge in [-0.15, -0.1) is 0 Å². The van der Waals surface area contributed by atoms with Gasteiger partial charge in [-0.1, -0.05) is 45.0 Å². The molecule has 1 amide bonds. The average molecular weight is 283 g/mol. The van der Waals surface area contributed by atoms with E-state index in [-0.39, 0.29) is 5.91 Å². The van der Waals surface area contributed by atoms with Gasteiger partial charge in [0.1, 0.15) is 0 Å². The molecule has 2 aromatic carbocycles. The van der Waals surface area contributed by atoms with E-state index in [0.29, 0.717) is 0 Å². The first-order chi connectivity index (χ1) is 10.2. The number of carbonyl (C=O) groups is 1. The maximum absolute atomic E-state index is 12.6. The fourth-order valence-corrected chi connectivity index (χ4v) is 2.69. The highest BCUT2D eigenvalue weighted by molar-refractivity contribution is 5.98. The van der Waals surface area contributed by atoms with Crippen LogP contribution in [0, 0.1) is 0 Å². The quantitative estimate of drug-likeness (QED) is 0.754. The summed E-state index contributed by atoms with van der Waals surface area (Å²) in [5.41, 5.74) is 2.13. The summed E-state index contributed by atoms with van der Waals surface area (Å²) in [5.74, 6) is 0.153. The molecule has 2 rings (SSSR count). The lowest BCUT2D eigenvalue weighted by molar-refractivity contribution is 0.0756. The van der Waals surface area contributed by atoms with Crippen molar-refractivity contribution >= 4 is 16.7 Å². The van der Waals surface area contributed by atoms with Gasteiger partial charge < -0.3 is 4.90 Å². The zero-order valence-corrected chi connectivity index (χ0v) is 13.4. The molecule has 0 aliphatic heterocycles. The minimum Gasteiger partial charge on any atom is -0.339 e. The molecule has 0 radical (unpaired) electrons. The molecule has 0 aliphatic carbocycles. The van der Waals surface area contributed by atoms with Crippen molar-refractivity contribution in [3.63, 3.8) is 0 Å². The lowest BCUT2D eigenvalue weighted by atomic mass is 10.0. The molecule has 0 saturated carbocycles. The van der Waals surface area contributed by atoms with Gasteiger partial charge in [-0.2, -0.15) is 0 Å². The van der Waals surface area contributed by atoms with Crippen molar-refractivity contribution in [1.82, 2.24) is 4.90 Å². The Morgan fingerprint density at radius 3 is 2.14 bits per heavy atom. The van der Waals surface area contributed by atoms with Crippen molar-refractivity contribution < 1.29 is 4.79 Å². The second-order valence-electron chi connectivity index (χ2n) is 5.54. The van der Waals surface area contributed by atoms with Crippen molar-refractivity contribution in [3.8, 4) is 0 Å². The molecule has 112 valence electrons. The molecule has 2 aromatic rings. The number of fused-ring (bicyclic) bond motifs is 1. The van der Waals surface area contributed by atoms with E-state index in [1.54, 1.807) is 0 Å². The molecule has 0 N–H and O–H groups in total. The van der Waals surface area contributed by atoms with Crippen LogP contribution in [-0.2, 0) is 6.42 Å². The molecular formula is C19H25NO. The van der Waals surface area contributed by atoms with Crippen molar-refractivity contribution in [2.24, 2.45) is 0 Å². The topological polar surface area (TPSA) is 20.3 Å². The molecule has 0 fully saturated rings. The van der Waals surface area contributed by atoms with Gasteiger partial charge in [0.05, 0.1) is 0 Å². The summed E-state index contributed by atoms with van der Waals surface area (Å²) in [6.45, 7) is 8.05. The fourth-order valence-electron chi connectivity index (χ4n) is 2.69. The molecule has 2 nitrogen and oxygen atoms in total. The van der Waals surface area contributed by atoms with Gasteiger partial charge >= 0.3 is 0 Å².